The van der Waals surface area contributed by atoms with E-state index >= 15 is 0 Å². The number of ether oxygens (including phenoxy) is 2. The van der Waals surface area contributed by atoms with Gasteiger partial charge in [-0.05, 0) is 46.6 Å². The van der Waals surface area contributed by atoms with Gasteiger partial charge >= 0.3 is 5.97 Å². The zero-order chi connectivity index (χ0) is 14.8. The van der Waals surface area contributed by atoms with Gasteiger partial charge in [0.25, 0.3) is 0 Å². The van der Waals surface area contributed by atoms with Crippen LogP contribution in [-0.2, 0) is 14.3 Å². The summed E-state index contributed by atoms with van der Waals surface area (Å²) in [7, 11) is 3.64. The van der Waals surface area contributed by atoms with Crippen molar-refractivity contribution in [2.75, 3.05) is 27.4 Å². The van der Waals surface area contributed by atoms with Gasteiger partial charge in [0.05, 0.1) is 13.7 Å². The molecule has 1 saturated carbocycles. The smallest absolute Gasteiger partial charge is 0.326 e. The number of carbonyl (C=O) groups is 1. The predicted molar refractivity (Wildman–Crippen MR) is 77.6 cm³/mol. The van der Waals surface area contributed by atoms with Crippen LogP contribution in [0.4, 0.5) is 0 Å². The molecule has 3 unspecified atom stereocenters. The quantitative estimate of drug-likeness (QED) is 0.768. The van der Waals surface area contributed by atoms with E-state index in [1.165, 1.54) is 7.11 Å². The molecule has 116 valence electrons. The van der Waals surface area contributed by atoms with Crippen molar-refractivity contribution in [3.63, 3.8) is 0 Å². The summed E-state index contributed by atoms with van der Waals surface area (Å²) in [4.78, 5) is 14.6. The highest BCUT2D eigenvalue weighted by atomic mass is 16.5. The van der Waals surface area contributed by atoms with E-state index in [1.54, 1.807) is 0 Å². The number of carbonyl (C=O) groups excluding carboxylic acids is 1. The Balaban J connectivity index is 2.04. The summed E-state index contributed by atoms with van der Waals surface area (Å²) in [6.07, 6.45) is 3.79. The number of rotatable bonds is 5. The molecule has 3 atom stereocenters. The number of hydrogen-bond donors (Lipinski definition) is 1. The van der Waals surface area contributed by atoms with Gasteiger partial charge in [0.2, 0.25) is 0 Å². The lowest BCUT2D eigenvalue weighted by Gasteiger charge is -2.33. The molecule has 1 aliphatic carbocycles. The highest BCUT2D eigenvalue weighted by molar-refractivity contribution is 5.81. The van der Waals surface area contributed by atoms with E-state index in [-0.39, 0.29) is 12.0 Å². The van der Waals surface area contributed by atoms with Crippen LogP contribution in [-0.4, -0.2) is 61.9 Å². The molecule has 0 spiro atoms. The lowest BCUT2D eigenvalue weighted by atomic mass is 9.95. The molecule has 1 aliphatic heterocycles. The fourth-order valence-electron chi connectivity index (χ4n) is 3.63. The van der Waals surface area contributed by atoms with Crippen molar-refractivity contribution < 1.29 is 14.3 Å². The SMILES string of the molecule is COC(=O)C1(NC(C)C)CCC(N(C)C2CCOC2)C1. The van der Waals surface area contributed by atoms with Crippen LogP contribution in [0.15, 0.2) is 0 Å². The summed E-state index contributed by atoms with van der Waals surface area (Å²) in [6, 6.07) is 1.19. The maximum Gasteiger partial charge on any atom is 0.326 e. The Morgan fingerprint density at radius 3 is 2.70 bits per heavy atom. The summed E-state index contributed by atoms with van der Waals surface area (Å²) in [5.41, 5.74) is -0.513. The Labute approximate surface area is 122 Å². The molecule has 20 heavy (non-hydrogen) atoms. The molecule has 0 aromatic rings. The first-order valence-corrected chi connectivity index (χ1v) is 7.64. The van der Waals surface area contributed by atoms with E-state index < -0.39 is 5.54 Å². The van der Waals surface area contributed by atoms with Gasteiger partial charge in [0.15, 0.2) is 0 Å². The first-order chi connectivity index (χ1) is 9.48. The standard InChI is InChI=1S/C15H28N2O3/c1-11(2)16-15(14(18)19-4)7-5-12(9-15)17(3)13-6-8-20-10-13/h11-13,16H,5-10H2,1-4H3. The molecule has 2 rings (SSSR count). The number of nitrogens with one attached hydrogen (secondary N) is 1. The summed E-state index contributed by atoms with van der Waals surface area (Å²) < 4.78 is 10.5. The van der Waals surface area contributed by atoms with Crippen molar-refractivity contribution >= 4 is 5.97 Å². The Hall–Kier alpha value is -0.650. The largest absolute Gasteiger partial charge is 0.468 e. The fourth-order valence-corrected chi connectivity index (χ4v) is 3.63. The van der Waals surface area contributed by atoms with E-state index in [0.717, 1.165) is 38.9 Å². The first kappa shape index (κ1) is 15.7. The molecule has 2 aliphatic rings. The number of hydrogen-bond acceptors (Lipinski definition) is 5. The highest BCUT2D eigenvalue weighted by Gasteiger charge is 2.48. The minimum atomic E-state index is -0.513. The van der Waals surface area contributed by atoms with Crippen LogP contribution in [0.3, 0.4) is 0 Å². The minimum Gasteiger partial charge on any atom is -0.468 e. The lowest BCUT2D eigenvalue weighted by molar-refractivity contribution is -0.149. The molecule has 5 heteroatoms. The van der Waals surface area contributed by atoms with E-state index in [4.69, 9.17) is 9.47 Å². The van der Waals surface area contributed by atoms with Crippen LogP contribution in [0.5, 0.6) is 0 Å². The van der Waals surface area contributed by atoms with Crippen molar-refractivity contribution in [2.24, 2.45) is 0 Å². The molecule has 0 bridgehead atoms. The second-order valence-electron chi connectivity index (χ2n) is 6.45. The average Bonchev–Trinajstić information content (AvgIpc) is 3.06. The van der Waals surface area contributed by atoms with Gasteiger partial charge in [-0.25, -0.2) is 0 Å². The normalized spacial score (nSPS) is 34.1. The third kappa shape index (κ3) is 3.15. The van der Waals surface area contributed by atoms with Crippen molar-refractivity contribution in [3.05, 3.63) is 0 Å². The van der Waals surface area contributed by atoms with Crippen LogP contribution in [0.25, 0.3) is 0 Å². The van der Waals surface area contributed by atoms with Gasteiger partial charge in [-0.15, -0.1) is 0 Å². The van der Waals surface area contributed by atoms with Crippen molar-refractivity contribution in [1.82, 2.24) is 10.2 Å². The zero-order valence-electron chi connectivity index (χ0n) is 13.1. The molecule has 0 aromatic heterocycles. The van der Waals surface area contributed by atoms with Crippen LogP contribution >= 0.6 is 0 Å². The molecule has 1 N–H and O–H groups in total. The van der Waals surface area contributed by atoms with Gasteiger partial charge in [0.1, 0.15) is 5.54 Å². The van der Waals surface area contributed by atoms with E-state index in [0.29, 0.717) is 12.1 Å². The number of nitrogens with zero attached hydrogens (tertiary/aromatic N) is 1. The molecular weight excluding hydrogens is 256 g/mol. The van der Waals surface area contributed by atoms with Gasteiger partial charge in [0, 0.05) is 24.7 Å². The van der Waals surface area contributed by atoms with E-state index in [2.05, 4.69) is 31.1 Å². The molecule has 0 radical (unpaired) electrons. The van der Waals surface area contributed by atoms with Crippen LogP contribution in [0.2, 0.25) is 0 Å². The molecule has 0 amide bonds. The third-order valence-electron chi connectivity index (χ3n) is 4.69. The Kier molecular flexibility index (Phi) is 5.04. The maximum absolute atomic E-state index is 12.2. The molecule has 0 aromatic carbocycles. The fraction of sp³-hybridized carbons (Fsp3) is 0.933. The number of methoxy groups -OCH3 is 1. The Morgan fingerprint density at radius 1 is 1.40 bits per heavy atom. The van der Waals surface area contributed by atoms with Crippen molar-refractivity contribution in [2.45, 2.75) is 63.2 Å². The van der Waals surface area contributed by atoms with Gasteiger partial charge in [-0.3, -0.25) is 15.0 Å². The Bertz CT molecular complexity index is 342. The molecular formula is C15H28N2O3. The van der Waals surface area contributed by atoms with Gasteiger partial charge in [-0.2, -0.15) is 0 Å². The van der Waals surface area contributed by atoms with Crippen LogP contribution < -0.4 is 5.32 Å². The third-order valence-corrected chi connectivity index (χ3v) is 4.69. The molecule has 1 heterocycles. The molecule has 1 saturated heterocycles. The maximum atomic E-state index is 12.2. The van der Waals surface area contributed by atoms with Gasteiger partial charge < -0.3 is 9.47 Å². The summed E-state index contributed by atoms with van der Waals surface area (Å²) >= 11 is 0. The first-order valence-electron chi connectivity index (χ1n) is 7.64. The van der Waals surface area contributed by atoms with Crippen molar-refractivity contribution in [3.8, 4) is 0 Å². The second-order valence-corrected chi connectivity index (χ2v) is 6.45. The summed E-state index contributed by atoms with van der Waals surface area (Å²) in [5.74, 6) is -0.121. The van der Waals surface area contributed by atoms with Crippen LogP contribution in [0.1, 0.15) is 39.5 Å². The summed E-state index contributed by atoms with van der Waals surface area (Å²) in [6.45, 7) is 5.82. The van der Waals surface area contributed by atoms with E-state index in [1.807, 2.05) is 0 Å². The average molecular weight is 284 g/mol. The van der Waals surface area contributed by atoms with Crippen LogP contribution in [0, 0.1) is 0 Å². The number of likely N-dealkylation sites (N-methyl/N-ethyl adjacent to an activating group) is 1. The molecule has 2 fully saturated rings. The minimum absolute atomic E-state index is 0.121. The zero-order valence-corrected chi connectivity index (χ0v) is 13.1. The summed E-state index contributed by atoms with van der Waals surface area (Å²) in [5, 5.41) is 3.45. The highest BCUT2D eigenvalue weighted by Crippen LogP contribution is 2.35. The van der Waals surface area contributed by atoms with Gasteiger partial charge in [-0.1, -0.05) is 0 Å². The van der Waals surface area contributed by atoms with Crippen molar-refractivity contribution in [1.29, 1.82) is 0 Å². The topological polar surface area (TPSA) is 50.8 Å². The number of esters is 1. The Morgan fingerprint density at radius 2 is 2.15 bits per heavy atom. The lowest BCUT2D eigenvalue weighted by Crippen LogP contribution is -2.54. The monoisotopic (exact) mass is 284 g/mol. The predicted octanol–water partition coefficient (Wildman–Crippen LogP) is 1.17. The van der Waals surface area contributed by atoms with E-state index in [9.17, 15) is 4.79 Å². The molecule has 5 nitrogen and oxygen atoms in total. The second kappa shape index (κ2) is 6.41.